The SMILES string of the molecule is C=C(C)CCC(=N)c1ccc(-c2cc(C)ccc2C)c(C)c1. The largest absolute Gasteiger partial charge is 0.305 e. The summed E-state index contributed by atoms with van der Waals surface area (Å²) in [4.78, 5) is 0. The van der Waals surface area contributed by atoms with Gasteiger partial charge in [0.05, 0.1) is 0 Å². The van der Waals surface area contributed by atoms with Crippen LogP contribution in [0, 0.1) is 26.2 Å². The van der Waals surface area contributed by atoms with E-state index in [9.17, 15) is 0 Å². The molecule has 0 atom stereocenters. The summed E-state index contributed by atoms with van der Waals surface area (Å²) in [6.07, 6.45) is 1.65. The Kier molecular flexibility index (Phi) is 4.97. The molecule has 0 saturated carbocycles. The topological polar surface area (TPSA) is 23.9 Å². The molecule has 0 aliphatic carbocycles. The molecule has 1 nitrogen and oxygen atoms in total. The van der Waals surface area contributed by atoms with Crippen molar-refractivity contribution in [3.8, 4) is 11.1 Å². The summed E-state index contributed by atoms with van der Waals surface area (Å²) in [5, 5.41) is 8.23. The monoisotopic (exact) mass is 291 g/mol. The lowest BCUT2D eigenvalue weighted by Crippen LogP contribution is -2.00. The Labute approximate surface area is 134 Å². The Morgan fingerprint density at radius 1 is 0.909 bits per heavy atom. The van der Waals surface area contributed by atoms with Crippen molar-refractivity contribution in [2.45, 2.75) is 40.5 Å². The van der Waals surface area contributed by atoms with E-state index in [1.54, 1.807) is 0 Å². The Hall–Kier alpha value is -2.15. The van der Waals surface area contributed by atoms with E-state index in [1.165, 1.54) is 27.8 Å². The number of rotatable bonds is 5. The van der Waals surface area contributed by atoms with E-state index in [4.69, 9.17) is 5.41 Å². The number of nitrogens with one attached hydrogen (secondary N) is 1. The van der Waals surface area contributed by atoms with Crippen molar-refractivity contribution >= 4 is 5.71 Å². The van der Waals surface area contributed by atoms with E-state index >= 15 is 0 Å². The summed E-state index contributed by atoms with van der Waals surface area (Å²) in [6, 6.07) is 12.9. The van der Waals surface area contributed by atoms with Crippen LogP contribution in [0.5, 0.6) is 0 Å². The van der Waals surface area contributed by atoms with Gasteiger partial charge in [0.25, 0.3) is 0 Å². The lowest BCUT2D eigenvalue weighted by Gasteiger charge is -2.13. The molecule has 1 heteroatoms. The first kappa shape index (κ1) is 16.2. The van der Waals surface area contributed by atoms with E-state index in [0.29, 0.717) is 5.71 Å². The van der Waals surface area contributed by atoms with Crippen LogP contribution in [0.25, 0.3) is 11.1 Å². The molecule has 0 aromatic heterocycles. The molecule has 2 aromatic rings. The van der Waals surface area contributed by atoms with Crippen molar-refractivity contribution in [3.05, 3.63) is 70.8 Å². The molecule has 0 aliphatic heterocycles. The van der Waals surface area contributed by atoms with Crippen LogP contribution < -0.4 is 0 Å². The molecule has 0 heterocycles. The van der Waals surface area contributed by atoms with Crippen LogP contribution in [0.4, 0.5) is 0 Å². The van der Waals surface area contributed by atoms with Gasteiger partial charge >= 0.3 is 0 Å². The first-order valence-corrected chi connectivity index (χ1v) is 7.79. The predicted octanol–water partition coefficient (Wildman–Crippen LogP) is 6.00. The van der Waals surface area contributed by atoms with Crippen molar-refractivity contribution in [1.82, 2.24) is 0 Å². The lowest BCUT2D eigenvalue weighted by atomic mass is 9.92. The zero-order valence-electron chi connectivity index (χ0n) is 14.1. The van der Waals surface area contributed by atoms with Gasteiger partial charge in [-0.1, -0.05) is 41.5 Å². The van der Waals surface area contributed by atoms with Crippen LogP contribution >= 0.6 is 0 Å². The van der Waals surface area contributed by atoms with Gasteiger partial charge in [-0.15, -0.1) is 6.58 Å². The number of benzene rings is 2. The van der Waals surface area contributed by atoms with Crippen molar-refractivity contribution in [2.75, 3.05) is 0 Å². The van der Waals surface area contributed by atoms with Gasteiger partial charge in [-0.05, 0) is 74.4 Å². The molecule has 1 N–H and O–H groups in total. The minimum absolute atomic E-state index is 0.693. The van der Waals surface area contributed by atoms with E-state index in [0.717, 1.165) is 24.0 Å². The highest BCUT2D eigenvalue weighted by molar-refractivity contribution is 5.99. The Morgan fingerprint density at radius 3 is 2.27 bits per heavy atom. The third kappa shape index (κ3) is 3.73. The van der Waals surface area contributed by atoms with Gasteiger partial charge in [-0.2, -0.15) is 0 Å². The maximum atomic E-state index is 8.23. The molecule has 0 amide bonds. The molecule has 0 unspecified atom stereocenters. The average Bonchev–Trinajstić information content (AvgIpc) is 2.47. The van der Waals surface area contributed by atoms with E-state index in [1.807, 2.05) is 6.92 Å². The minimum atomic E-state index is 0.693. The zero-order chi connectivity index (χ0) is 16.3. The van der Waals surface area contributed by atoms with Crippen LogP contribution in [0.2, 0.25) is 0 Å². The van der Waals surface area contributed by atoms with Gasteiger partial charge in [0.15, 0.2) is 0 Å². The van der Waals surface area contributed by atoms with Crippen LogP contribution in [-0.4, -0.2) is 5.71 Å². The summed E-state index contributed by atoms with van der Waals surface area (Å²) >= 11 is 0. The number of hydrogen-bond acceptors (Lipinski definition) is 1. The number of aryl methyl sites for hydroxylation is 3. The second-order valence-corrected chi connectivity index (χ2v) is 6.28. The summed E-state index contributed by atoms with van der Waals surface area (Å²) in [6.45, 7) is 12.3. The minimum Gasteiger partial charge on any atom is -0.305 e. The van der Waals surface area contributed by atoms with Crippen LogP contribution in [0.3, 0.4) is 0 Å². The first-order valence-electron chi connectivity index (χ1n) is 7.79. The molecule has 2 rings (SSSR count). The standard InChI is InChI=1S/C21H25N/c1-14(2)6-11-21(22)18-9-10-19(17(5)13-18)20-12-15(3)7-8-16(20)4/h7-10,12-13,22H,1,6,11H2,2-5H3. The van der Waals surface area contributed by atoms with Crippen molar-refractivity contribution in [1.29, 1.82) is 5.41 Å². The first-order chi connectivity index (χ1) is 10.4. The van der Waals surface area contributed by atoms with E-state index in [2.05, 4.69) is 63.7 Å². The molecule has 0 fully saturated rings. The summed E-state index contributed by atoms with van der Waals surface area (Å²) in [5.41, 5.74) is 9.19. The molecule has 2 aromatic carbocycles. The van der Waals surface area contributed by atoms with Crippen LogP contribution in [-0.2, 0) is 0 Å². The van der Waals surface area contributed by atoms with Crippen molar-refractivity contribution in [2.24, 2.45) is 0 Å². The quantitative estimate of drug-likeness (QED) is 0.516. The summed E-state index contributed by atoms with van der Waals surface area (Å²) in [7, 11) is 0. The fraction of sp³-hybridized carbons (Fsp3) is 0.286. The predicted molar refractivity (Wildman–Crippen MR) is 97.0 cm³/mol. The molecule has 0 saturated heterocycles. The number of hydrogen-bond donors (Lipinski definition) is 1. The summed E-state index contributed by atoms with van der Waals surface area (Å²) < 4.78 is 0. The molecule has 0 radical (unpaired) electrons. The molecule has 22 heavy (non-hydrogen) atoms. The molecular weight excluding hydrogens is 266 g/mol. The highest BCUT2D eigenvalue weighted by Crippen LogP contribution is 2.28. The zero-order valence-corrected chi connectivity index (χ0v) is 14.1. The highest BCUT2D eigenvalue weighted by atomic mass is 14.4. The second kappa shape index (κ2) is 6.74. The lowest BCUT2D eigenvalue weighted by molar-refractivity contribution is 1.01. The Bertz CT molecular complexity index is 723. The second-order valence-electron chi connectivity index (χ2n) is 6.28. The molecular formula is C21H25N. The van der Waals surface area contributed by atoms with Crippen LogP contribution in [0.15, 0.2) is 48.6 Å². The third-order valence-corrected chi connectivity index (χ3v) is 4.06. The van der Waals surface area contributed by atoms with Gasteiger partial charge < -0.3 is 5.41 Å². The fourth-order valence-corrected chi connectivity index (χ4v) is 2.66. The Balaban J connectivity index is 2.32. The van der Waals surface area contributed by atoms with E-state index < -0.39 is 0 Å². The van der Waals surface area contributed by atoms with Crippen molar-refractivity contribution in [3.63, 3.8) is 0 Å². The normalized spacial score (nSPS) is 10.5. The average molecular weight is 291 g/mol. The van der Waals surface area contributed by atoms with Gasteiger partial charge in [0.1, 0.15) is 0 Å². The van der Waals surface area contributed by atoms with Gasteiger partial charge in [0.2, 0.25) is 0 Å². The highest BCUT2D eigenvalue weighted by Gasteiger charge is 2.08. The van der Waals surface area contributed by atoms with Gasteiger partial charge in [-0.25, -0.2) is 0 Å². The van der Waals surface area contributed by atoms with Crippen LogP contribution in [0.1, 0.15) is 42.0 Å². The number of allylic oxidation sites excluding steroid dienone is 1. The van der Waals surface area contributed by atoms with E-state index in [-0.39, 0.29) is 0 Å². The molecule has 0 aliphatic rings. The summed E-state index contributed by atoms with van der Waals surface area (Å²) in [5.74, 6) is 0. The maximum Gasteiger partial charge on any atom is 0.0389 e. The molecule has 0 bridgehead atoms. The fourth-order valence-electron chi connectivity index (χ4n) is 2.66. The smallest absolute Gasteiger partial charge is 0.0389 e. The third-order valence-electron chi connectivity index (χ3n) is 4.06. The van der Waals surface area contributed by atoms with Gasteiger partial charge in [0, 0.05) is 5.71 Å². The van der Waals surface area contributed by atoms with Gasteiger partial charge in [-0.3, -0.25) is 0 Å². The maximum absolute atomic E-state index is 8.23. The molecule has 114 valence electrons. The Morgan fingerprint density at radius 2 is 1.64 bits per heavy atom. The van der Waals surface area contributed by atoms with Crippen molar-refractivity contribution < 1.29 is 0 Å². The molecule has 0 spiro atoms.